The third-order valence-corrected chi connectivity index (χ3v) is 11.3. The average molecular weight is 770 g/mol. The molecule has 0 aliphatic heterocycles. The minimum absolute atomic E-state index is 0.108. The standard InChI is InChI=1S/C58H39NO/c1-3-12-40(13-4-1)46-17-9-19-48(38-46)42-24-31-50(32-25-42)59(51-33-26-43(27-34-51)49-20-10-18-47(39-49)41-14-5-2-6-15-41)52-35-28-45(29-36-52)53-22-11-23-56-57(53)55-37-30-44-16-7-8-21-54(44)58(55)60-56/h1-39H/i24D,25D,31D,32D. The highest BCUT2D eigenvalue weighted by molar-refractivity contribution is 6.19. The van der Waals surface area contributed by atoms with Gasteiger partial charge in [0.25, 0.3) is 0 Å². The molecule has 0 saturated heterocycles. The van der Waals surface area contributed by atoms with Gasteiger partial charge in [-0.15, -0.1) is 0 Å². The van der Waals surface area contributed by atoms with Gasteiger partial charge in [-0.05, 0) is 122 Å². The Hall–Kier alpha value is -7.94. The first kappa shape index (κ1) is 31.1. The molecule has 10 aromatic carbocycles. The zero-order valence-corrected chi connectivity index (χ0v) is 32.6. The molecular formula is C58H39NO. The van der Waals surface area contributed by atoms with Gasteiger partial charge in [-0.25, -0.2) is 0 Å². The molecule has 11 rings (SSSR count). The van der Waals surface area contributed by atoms with E-state index in [4.69, 9.17) is 4.42 Å². The third kappa shape index (κ3) is 6.51. The first-order valence-corrected chi connectivity index (χ1v) is 20.2. The van der Waals surface area contributed by atoms with Crippen LogP contribution in [0.5, 0.6) is 0 Å². The summed E-state index contributed by atoms with van der Waals surface area (Å²) in [5.74, 6) is 0. The number of furan rings is 1. The summed E-state index contributed by atoms with van der Waals surface area (Å²) in [4.78, 5) is 1.85. The molecule has 0 bridgehead atoms. The topological polar surface area (TPSA) is 16.4 Å². The molecule has 11 aromatic rings. The van der Waals surface area contributed by atoms with E-state index in [9.17, 15) is 5.48 Å². The number of fused-ring (bicyclic) bond motifs is 5. The predicted octanol–water partition coefficient (Wildman–Crippen LogP) is 16.5. The van der Waals surface area contributed by atoms with Gasteiger partial charge in [-0.2, -0.15) is 0 Å². The number of rotatable bonds is 8. The van der Waals surface area contributed by atoms with Crippen LogP contribution in [0, 0.1) is 0 Å². The van der Waals surface area contributed by atoms with E-state index in [-0.39, 0.29) is 35.4 Å². The van der Waals surface area contributed by atoms with Gasteiger partial charge >= 0.3 is 0 Å². The molecule has 282 valence electrons. The molecule has 0 atom stereocenters. The van der Waals surface area contributed by atoms with Crippen LogP contribution in [0.4, 0.5) is 17.1 Å². The van der Waals surface area contributed by atoms with Crippen LogP contribution in [-0.2, 0) is 0 Å². The molecule has 60 heavy (non-hydrogen) atoms. The molecule has 0 saturated carbocycles. The molecule has 0 aliphatic carbocycles. The minimum atomic E-state index is -0.133. The summed E-state index contributed by atoms with van der Waals surface area (Å²) < 4.78 is 44.6. The summed E-state index contributed by atoms with van der Waals surface area (Å²) in [5.41, 5.74) is 12.4. The van der Waals surface area contributed by atoms with Crippen LogP contribution in [0.25, 0.3) is 88.3 Å². The van der Waals surface area contributed by atoms with E-state index in [1.54, 1.807) is 0 Å². The lowest BCUT2D eigenvalue weighted by molar-refractivity contribution is 0.673. The van der Waals surface area contributed by atoms with Crippen LogP contribution < -0.4 is 4.90 Å². The van der Waals surface area contributed by atoms with E-state index in [0.717, 1.165) is 77.2 Å². The predicted molar refractivity (Wildman–Crippen MR) is 253 cm³/mol. The monoisotopic (exact) mass is 769 g/mol. The van der Waals surface area contributed by atoms with Crippen molar-refractivity contribution >= 4 is 49.8 Å². The van der Waals surface area contributed by atoms with Gasteiger partial charge in [-0.1, -0.05) is 176 Å². The summed E-state index contributed by atoms with van der Waals surface area (Å²) in [5, 5.41) is 4.27. The highest BCUT2D eigenvalue weighted by Gasteiger charge is 2.17. The van der Waals surface area contributed by atoms with E-state index < -0.39 is 0 Å². The van der Waals surface area contributed by atoms with Gasteiger partial charge in [-0.3, -0.25) is 0 Å². The van der Waals surface area contributed by atoms with Crippen molar-refractivity contribution in [3.8, 4) is 55.6 Å². The van der Waals surface area contributed by atoms with Gasteiger partial charge in [0.2, 0.25) is 0 Å². The molecule has 0 fully saturated rings. The Morgan fingerprint density at radius 3 is 1.45 bits per heavy atom. The SMILES string of the molecule is [2H]c1c([2H])c(N(c2ccc(-c3cccc(-c4ccccc4)c3)cc2)c2ccc(-c3cccc4oc5c6ccccc6ccc5c34)cc2)c([2H])c([2H])c1-c1cccc(-c2ccccc2)c1. The summed E-state index contributed by atoms with van der Waals surface area (Å²) in [6, 6.07) is 70.8. The molecular weight excluding hydrogens is 727 g/mol. The zero-order valence-electron chi connectivity index (χ0n) is 36.6. The molecule has 0 N–H and O–H groups in total. The smallest absolute Gasteiger partial charge is 0.143 e. The highest BCUT2D eigenvalue weighted by Crippen LogP contribution is 2.42. The molecule has 2 nitrogen and oxygen atoms in total. The summed E-state index contributed by atoms with van der Waals surface area (Å²) >= 11 is 0. The third-order valence-electron chi connectivity index (χ3n) is 11.3. The molecule has 0 spiro atoms. The van der Waals surface area contributed by atoms with E-state index in [2.05, 4.69) is 91.0 Å². The van der Waals surface area contributed by atoms with Crippen molar-refractivity contribution < 1.29 is 9.90 Å². The van der Waals surface area contributed by atoms with Crippen molar-refractivity contribution in [2.75, 3.05) is 4.90 Å². The van der Waals surface area contributed by atoms with Crippen LogP contribution >= 0.6 is 0 Å². The highest BCUT2D eigenvalue weighted by atomic mass is 16.3. The fraction of sp³-hybridized carbons (Fsp3) is 0. The lowest BCUT2D eigenvalue weighted by Gasteiger charge is -2.26. The van der Waals surface area contributed by atoms with E-state index in [0.29, 0.717) is 16.9 Å². The summed E-state index contributed by atoms with van der Waals surface area (Å²) in [6.07, 6.45) is 0. The average Bonchev–Trinajstić information content (AvgIpc) is 3.75. The Morgan fingerprint density at radius 1 is 0.333 bits per heavy atom. The van der Waals surface area contributed by atoms with Crippen LogP contribution in [-0.4, -0.2) is 0 Å². The maximum absolute atomic E-state index is 9.59. The zero-order chi connectivity index (χ0) is 43.3. The fourth-order valence-corrected chi connectivity index (χ4v) is 8.35. The molecule has 1 aromatic heterocycles. The van der Waals surface area contributed by atoms with E-state index in [1.807, 2.05) is 126 Å². The maximum Gasteiger partial charge on any atom is 0.143 e. The van der Waals surface area contributed by atoms with Gasteiger partial charge < -0.3 is 9.32 Å². The van der Waals surface area contributed by atoms with Gasteiger partial charge in [0.15, 0.2) is 0 Å². The van der Waals surface area contributed by atoms with Crippen molar-refractivity contribution in [1.29, 1.82) is 0 Å². The number of hydrogen-bond donors (Lipinski definition) is 0. The molecule has 0 aliphatic rings. The molecule has 0 amide bonds. The van der Waals surface area contributed by atoms with Crippen LogP contribution in [0.3, 0.4) is 0 Å². The molecule has 0 radical (unpaired) electrons. The van der Waals surface area contributed by atoms with Gasteiger partial charge in [0.1, 0.15) is 11.2 Å². The fourth-order valence-electron chi connectivity index (χ4n) is 8.35. The van der Waals surface area contributed by atoms with Crippen molar-refractivity contribution in [3.05, 3.63) is 236 Å². The first-order chi connectivity index (χ1) is 31.4. The van der Waals surface area contributed by atoms with Crippen molar-refractivity contribution in [2.45, 2.75) is 0 Å². The van der Waals surface area contributed by atoms with E-state index in [1.165, 1.54) is 0 Å². The quantitative estimate of drug-likeness (QED) is 0.153. The molecule has 2 heteroatoms. The van der Waals surface area contributed by atoms with Crippen LogP contribution in [0.1, 0.15) is 5.48 Å². The Labute approximate surface area is 355 Å². The lowest BCUT2D eigenvalue weighted by Crippen LogP contribution is -2.09. The van der Waals surface area contributed by atoms with Gasteiger partial charge in [0, 0.05) is 33.2 Å². The number of benzene rings is 10. The van der Waals surface area contributed by atoms with Crippen molar-refractivity contribution in [3.63, 3.8) is 0 Å². The van der Waals surface area contributed by atoms with Crippen molar-refractivity contribution in [1.82, 2.24) is 0 Å². The number of nitrogens with zero attached hydrogens (tertiary/aromatic N) is 1. The van der Waals surface area contributed by atoms with E-state index >= 15 is 0 Å². The Morgan fingerprint density at radius 2 is 0.833 bits per heavy atom. The number of anilines is 3. The normalized spacial score (nSPS) is 12.3. The minimum Gasteiger partial charge on any atom is -0.455 e. The summed E-state index contributed by atoms with van der Waals surface area (Å²) in [6.45, 7) is 0. The Bertz CT molecular complexity index is 3500. The molecule has 0 unspecified atom stereocenters. The maximum atomic E-state index is 9.59. The lowest BCUT2D eigenvalue weighted by atomic mass is 9.97. The second-order valence-electron chi connectivity index (χ2n) is 15.0. The second kappa shape index (κ2) is 15.1. The summed E-state index contributed by atoms with van der Waals surface area (Å²) in [7, 11) is 0. The first-order valence-electron chi connectivity index (χ1n) is 22.2. The van der Waals surface area contributed by atoms with Crippen LogP contribution in [0.15, 0.2) is 241 Å². The molecule has 1 heterocycles. The van der Waals surface area contributed by atoms with Crippen molar-refractivity contribution in [2.24, 2.45) is 0 Å². The number of hydrogen-bond acceptors (Lipinski definition) is 2. The largest absolute Gasteiger partial charge is 0.455 e. The Kier molecular flexibility index (Phi) is 7.83. The van der Waals surface area contributed by atoms with Gasteiger partial charge in [0.05, 0.1) is 5.48 Å². The Balaban J connectivity index is 1.04. The second-order valence-corrected chi connectivity index (χ2v) is 15.0. The van der Waals surface area contributed by atoms with Crippen LogP contribution in [0.2, 0.25) is 0 Å².